The maximum absolute atomic E-state index is 9.73. The van der Waals surface area contributed by atoms with Gasteiger partial charge >= 0.3 is 0 Å². The van der Waals surface area contributed by atoms with Crippen molar-refractivity contribution in [2.75, 3.05) is 13.9 Å². The van der Waals surface area contributed by atoms with Crippen molar-refractivity contribution >= 4 is 0 Å². The second-order valence-corrected chi connectivity index (χ2v) is 5.14. The van der Waals surface area contributed by atoms with Crippen molar-refractivity contribution in [3.8, 4) is 11.5 Å². The van der Waals surface area contributed by atoms with Crippen LogP contribution in [0.4, 0.5) is 0 Å². The zero-order chi connectivity index (χ0) is 15.2. The molecule has 0 aromatic heterocycles. The fourth-order valence-corrected chi connectivity index (χ4v) is 2.34. The van der Waals surface area contributed by atoms with Gasteiger partial charge in [-0.05, 0) is 36.1 Å². The quantitative estimate of drug-likeness (QED) is 0.820. The molecular formula is C18H22O3. The minimum atomic E-state index is 0.171. The van der Waals surface area contributed by atoms with E-state index in [0.29, 0.717) is 5.75 Å². The van der Waals surface area contributed by atoms with Crippen LogP contribution in [0, 0.1) is 6.92 Å². The average Bonchev–Trinajstić information content (AvgIpc) is 2.48. The van der Waals surface area contributed by atoms with Crippen molar-refractivity contribution in [1.82, 2.24) is 0 Å². The number of ether oxygens (including phenoxy) is 2. The highest BCUT2D eigenvalue weighted by atomic mass is 16.7. The Kier molecular flexibility index (Phi) is 5.23. The molecule has 0 heterocycles. The third-order valence-corrected chi connectivity index (χ3v) is 3.56. The number of rotatable bonds is 6. The van der Waals surface area contributed by atoms with E-state index in [1.165, 1.54) is 11.1 Å². The fraction of sp³-hybridized carbons (Fsp3) is 0.333. The van der Waals surface area contributed by atoms with E-state index < -0.39 is 0 Å². The van der Waals surface area contributed by atoms with Crippen LogP contribution in [-0.4, -0.2) is 19.0 Å². The predicted octanol–water partition coefficient (Wildman–Crippen LogP) is 3.84. The summed E-state index contributed by atoms with van der Waals surface area (Å²) in [5.74, 6) is 0.887. The zero-order valence-electron chi connectivity index (χ0n) is 12.8. The first-order valence-electron chi connectivity index (χ1n) is 7.16. The van der Waals surface area contributed by atoms with Gasteiger partial charge in [0, 0.05) is 25.2 Å². The van der Waals surface area contributed by atoms with Gasteiger partial charge in [0.05, 0.1) is 0 Å². The van der Waals surface area contributed by atoms with Crippen molar-refractivity contribution in [3.05, 3.63) is 58.7 Å². The summed E-state index contributed by atoms with van der Waals surface area (Å²) in [7, 11) is 1.58. The van der Waals surface area contributed by atoms with E-state index in [4.69, 9.17) is 9.47 Å². The highest BCUT2D eigenvalue weighted by Crippen LogP contribution is 2.30. The summed E-state index contributed by atoms with van der Waals surface area (Å²) in [6.45, 7) is 4.30. The minimum Gasteiger partial charge on any atom is -0.508 e. The smallest absolute Gasteiger partial charge is 0.188 e. The summed E-state index contributed by atoms with van der Waals surface area (Å²) < 4.78 is 10.5. The van der Waals surface area contributed by atoms with Crippen LogP contribution in [-0.2, 0) is 17.6 Å². The van der Waals surface area contributed by atoms with Crippen LogP contribution in [0.25, 0.3) is 0 Å². The molecule has 0 aliphatic rings. The molecule has 0 unspecified atom stereocenters. The molecule has 0 amide bonds. The first-order valence-corrected chi connectivity index (χ1v) is 7.16. The normalized spacial score (nSPS) is 10.6. The maximum Gasteiger partial charge on any atom is 0.188 e. The van der Waals surface area contributed by atoms with Gasteiger partial charge in [0.1, 0.15) is 11.5 Å². The Bertz CT molecular complexity index is 588. The van der Waals surface area contributed by atoms with E-state index in [0.717, 1.165) is 24.0 Å². The molecule has 21 heavy (non-hydrogen) atoms. The molecule has 0 aliphatic carbocycles. The number of benzene rings is 2. The highest BCUT2D eigenvalue weighted by molar-refractivity contribution is 5.48. The van der Waals surface area contributed by atoms with Gasteiger partial charge in [0.25, 0.3) is 0 Å². The van der Waals surface area contributed by atoms with Crippen molar-refractivity contribution in [2.24, 2.45) is 0 Å². The van der Waals surface area contributed by atoms with Crippen molar-refractivity contribution in [2.45, 2.75) is 26.7 Å². The SMILES string of the molecule is CCc1ccc(Cc2c(C)cc(O)cc2OCOC)cc1. The summed E-state index contributed by atoms with van der Waals surface area (Å²) in [5.41, 5.74) is 4.65. The van der Waals surface area contributed by atoms with Crippen LogP contribution in [0.2, 0.25) is 0 Å². The van der Waals surface area contributed by atoms with Crippen LogP contribution in [0.5, 0.6) is 11.5 Å². The molecule has 1 N–H and O–H groups in total. The number of phenols is 1. The Morgan fingerprint density at radius 3 is 2.33 bits per heavy atom. The van der Waals surface area contributed by atoms with Gasteiger partial charge in [-0.25, -0.2) is 0 Å². The largest absolute Gasteiger partial charge is 0.508 e. The summed E-state index contributed by atoms with van der Waals surface area (Å²) in [5, 5.41) is 9.73. The standard InChI is InChI=1S/C18H22O3/c1-4-14-5-7-15(8-6-14)10-17-13(2)9-16(19)11-18(17)21-12-20-3/h5-9,11,19H,4,10,12H2,1-3H3. The number of methoxy groups -OCH3 is 1. The van der Waals surface area contributed by atoms with Crippen LogP contribution in [0.1, 0.15) is 29.2 Å². The number of hydrogen-bond acceptors (Lipinski definition) is 3. The van der Waals surface area contributed by atoms with Crippen LogP contribution in [0.3, 0.4) is 0 Å². The van der Waals surface area contributed by atoms with E-state index in [9.17, 15) is 5.11 Å². The summed E-state index contributed by atoms with van der Waals surface area (Å²) in [6.07, 6.45) is 1.82. The second kappa shape index (κ2) is 7.14. The number of aromatic hydroxyl groups is 1. The molecule has 3 nitrogen and oxygen atoms in total. The number of phenolic OH excluding ortho intramolecular Hbond substituents is 1. The maximum atomic E-state index is 9.73. The van der Waals surface area contributed by atoms with E-state index >= 15 is 0 Å². The lowest BCUT2D eigenvalue weighted by Crippen LogP contribution is -2.03. The van der Waals surface area contributed by atoms with Crippen molar-refractivity contribution in [3.63, 3.8) is 0 Å². The van der Waals surface area contributed by atoms with Gasteiger partial charge in [-0.2, -0.15) is 0 Å². The molecule has 0 saturated heterocycles. The molecule has 2 aromatic rings. The van der Waals surface area contributed by atoms with Gasteiger partial charge in [0.15, 0.2) is 6.79 Å². The number of aryl methyl sites for hydroxylation is 2. The highest BCUT2D eigenvalue weighted by Gasteiger charge is 2.10. The van der Waals surface area contributed by atoms with Crippen molar-refractivity contribution in [1.29, 1.82) is 0 Å². The fourth-order valence-electron chi connectivity index (χ4n) is 2.34. The Morgan fingerprint density at radius 1 is 1.05 bits per heavy atom. The molecule has 0 fully saturated rings. The van der Waals surface area contributed by atoms with Crippen molar-refractivity contribution < 1.29 is 14.6 Å². The molecule has 0 spiro atoms. The van der Waals surface area contributed by atoms with E-state index in [-0.39, 0.29) is 12.5 Å². The Labute approximate surface area is 126 Å². The lowest BCUT2D eigenvalue weighted by molar-refractivity contribution is 0.0503. The van der Waals surface area contributed by atoms with E-state index in [2.05, 4.69) is 31.2 Å². The first-order chi connectivity index (χ1) is 10.1. The lowest BCUT2D eigenvalue weighted by atomic mass is 9.98. The molecule has 0 atom stereocenters. The van der Waals surface area contributed by atoms with Crippen LogP contribution < -0.4 is 4.74 Å². The summed E-state index contributed by atoms with van der Waals surface area (Å²) in [4.78, 5) is 0. The van der Waals surface area contributed by atoms with Crippen LogP contribution in [0.15, 0.2) is 36.4 Å². The van der Waals surface area contributed by atoms with Gasteiger partial charge < -0.3 is 14.6 Å². The Morgan fingerprint density at radius 2 is 1.71 bits per heavy atom. The molecule has 0 aliphatic heterocycles. The number of hydrogen-bond donors (Lipinski definition) is 1. The third kappa shape index (κ3) is 3.99. The second-order valence-electron chi connectivity index (χ2n) is 5.14. The van der Waals surface area contributed by atoms with E-state index in [1.54, 1.807) is 19.2 Å². The summed E-state index contributed by atoms with van der Waals surface area (Å²) >= 11 is 0. The van der Waals surface area contributed by atoms with Gasteiger partial charge in [-0.3, -0.25) is 0 Å². The van der Waals surface area contributed by atoms with E-state index in [1.807, 2.05) is 6.92 Å². The van der Waals surface area contributed by atoms with Gasteiger partial charge in [0.2, 0.25) is 0 Å². The molecule has 2 rings (SSSR count). The monoisotopic (exact) mass is 286 g/mol. The summed E-state index contributed by atoms with van der Waals surface area (Å²) in [6, 6.07) is 12.0. The topological polar surface area (TPSA) is 38.7 Å². The molecule has 112 valence electrons. The lowest BCUT2D eigenvalue weighted by Gasteiger charge is -2.14. The van der Waals surface area contributed by atoms with Gasteiger partial charge in [-0.15, -0.1) is 0 Å². The molecule has 0 radical (unpaired) electrons. The molecule has 0 saturated carbocycles. The van der Waals surface area contributed by atoms with Crippen LogP contribution >= 0.6 is 0 Å². The zero-order valence-corrected chi connectivity index (χ0v) is 12.8. The Hall–Kier alpha value is -2.00. The Balaban J connectivity index is 2.28. The third-order valence-electron chi connectivity index (χ3n) is 3.56. The molecule has 3 heteroatoms. The van der Waals surface area contributed by atoms with Gasteiger partial charge in [-0.1, -0.05) is 31.2 Å². The molecule has 0 bridgehead atoms. The average molecular weight is 286 g/mol. The molecular weight excluding hydrogens is 264 g/mol. The predicted molar refractivity (Wildman–Crippen MR) is 84.0 cm³/mol. The first kappa shape index (κ1) is 15.4. The minimum absolute atomic E-state index is 0.171. The molecule has 2 aromatic carbocycles.